The van der Waals surface area contributed by atoms with E-state index in [0.29, 0.717) is 6.42 Å². The van der Waals surface area contributed by atoms with E-state index in [4.69, 9.17) is 18.9 Å². The summed E-state index contributed by atoms with van der Waals surface area (Å²) < 4.78 is 21.3. The number of methoxy groups -OCH3 is 1. The first-order valence-electron chi connectivity index (χ1n) is 7.82. The second kappa shape index (κ2) is 8.65. The molecule has 1 amide bonds. The molecule has 1 aromatic rings. The van der Waals surface area contributed by atoms with Crippen LogP contribution < -0.4 is 5.32 Å². The molecule has 2 rings (SSSR count). The van der Waals surface area contributed by atoms with Gasteiger partial charge in [0, 0.05) is 20.5 Å². The van der Waals surface area contributed by atoms with Gasteiger partial charge < -0.3 is 24.3 Å². The number of carbonyl (C=O) groups is 2. The van der Waals surface area contributed by atoms with Crippen LogP contribution in [-0.2, 0) is 30.3 Å². The number of alkyl carbamates (subject to hydrolysis) is 1. The van der Waals surface area contributed by atoms with Gasteiger partial charge in [0.05, 0.1) is 12.1 Å². The zero-order valence-electron chi connectivity index (χ0n) is 14.1. The van der Waals surface area contributed by atoms with Gasteiger partial charge in [0.2, 0.25) is 0 Å². The zero-order valence-corrected chi connectivity index (χ0v) is 14.1. The molecule has 1 N–H and O–H groups in total. The molecule has 0 radical (unpaired) electrons. The fourth-order valence-electron chi connectivity index (χ4n) is 2.62. The van der Waals surface area contributed by atoms with Crippen LogP contribution in [-0.4, -0.2) is 43.7 Å². The fraction of sp³-hybridized carbons (Fsp3) is 0.529. The van der Waals surface area contributed by atoms with E-state index < -0.39 is 36.6 Å². The number of nitrogens with one attached hydrogen (secondary N) is 1. The maximum absolute atomic E-state index is 12.1. The predicted octanol–water partition coefficient (Wildman–Crippen LogP) is 1.99. The Balaban J connectivity index is 1.94. The van der Waals surface area contributed by atoms with Crippen LogP contribution in [0, 0.1) is 0 Å². The van der Waals surface area contributed by atoms with Crippen molar-refractivity contribution in [2.24, 2.45) is 0 Å². The van der Waals surface area contributed by atoms with Crippen molar-refractivity contribution >= 4 is 12.1 Å². The maximum Gasteiger partial charge on any atom is 0.407 e. The lowest BCUT2D eigenvalue weighted by Gasteiger charge is -2.39. The SMILES string of the molecule is CO[C@H]1C[C@@H](NC(=O)OCc2ccccc2)[C@@H](OC(C)=O)[C@H](C)O1. The molecule has 1 aromatic carbocycles. The molecule has 0 bridgehead atoms. The van der Waals surface area contributed by atoms with E-state index in [1.165, 1.54) is 14.0 Å². The van der Waals surface area contributed by atoms with Gasteiger partial charge in [-0.05, 0) is 12.5 Å². The Labute approximate surface area is 141 Å². The van der Waals surface area contributed by atoms with Gasteiger partial charge in [-0.15, -0.1) is 0 Å². The standard InChI is InChI=1S/C17H23NO6/c1-11-16(24-12(2)19)14(9-15(21-3)23-11)18-17(20)22-10-13-7-5-4-6-8-13/h4-8,11,14-16H,9-10H2,1-3H3,(H,18,20)/t11-,14+,15+,16-/m0/s1. The first-order valence-corrected chi connectivity index (χ1v) is 7.82. The summed E-state index contributed by atoms with van der Waals surface area (Å²) in [6, 6.07) is 8.92. The second-order valence-corrected chi connectivity index (χ2v) is 5.63. The van der Waals surface area contributed by atoms with Crippen LogP contribution in [0.15, 0.2) is 30.3 Å². The van der Waals surface area contributed by atoms with Gasteiger partial charge >= 0.3 is 12.1 Å². The van der Waals surface area contributed by atoms with E-state index in [2.05, 4.69) is 5.32 Å². The van der Waals surface area contributed by atoms with Crippen molar-refractivity contribution in [3.8, 4) is 0 Å². The largest absolute Gasteiger partial charge is 0.458 e. The monoisotopic (exact) mass is 337 g/mol. The van der Waals surface area contributed by atoms with Gasteiger partial charge in [-0.1, -0.05) is 30.3 Å². The first kappa shape index (κ1) is 18.2. The highest BCUT2D eigenvalue weighted by Gasteiger charge is 2.40. The average molecular weight is 337 g/mol. The summed E-state index contributed by atoms with van der Waals surface area (Å²) in [5.74, 6) is -0.434. The lowest BCUT2D eigenvalue weighted by molar-refractivity contribution is -0.223. The van der Waals surface area contributed by atoms with Gasteiger partial charge in [0.1, 0.15) is 12.7 Å². The number of carbonyl (C=O) groups excluding carboxylic acids is 2. The minimum Gasteiger partial charge on any atom is -0.458 e. The Bertz CT molecular complexity index is 549. The molecule has 1 saturated heterocycles. The quantitative estimate of drug-likeness (QED) is 0.828. The van der Waals surface area contributed by atoms with E-state index in [0.717, 1.165) is 5.56 Å². The minimum absolute atomic E-state index is 0.164. The van der Waals surface area contributed by atoms with Crippen molar-refractivity contribution in [2.75, 3.05) is 7.11 Å². The van der Waals surface area contributed by atoms with Gasteiger partial charge in [-0.2, -0.15) is 0 Å². The minimum atomic E-state index is -0.599. The molecular formula is C17H23NO6. The second-order valence-electron chi connectivity index (χ2n) is 5.63. The highest BCUT2D eigenvalue weighted by Crippen LogP contribution is 2.23. The van der Waals surface area contributed by atoms with Crippen molar-refractivity contribution in [3.05, 3.63) is 35.9 Å². The maximum atomic E-state index is 12.1. The highest BCUT2D eigenvalue weighted by molar-refractivity contribution is 5.68. The van der Waals surface area contributed by atoms with Crippen LogP contribution in [0.2, 0.25) is 0 Å². The van der Waals surface area contributed by atoms with Crippen LogP contribution >= 0.6 is 0 Å². The average Bonchev–Trinajstić information content (AvgIpc) is 2.56. The van der Waals surface area contributed by atoms with Crippen molar-refractivity contribution in [1.29, 1.82) is 0 Å². The van der Waals surface area contributed by atoms with Crippen LogP contribution in [0.3, 0.4) is 0 Å². The van der Waals surface area contributed by atoms with Crippen molar-refractivity contribution in [1.82, 2.24) is 5.32 Å². The fourth-order valence-corrected chi connectivity index (χ4v) is 2.62. The van der Waals surface area contributed by atoms with E-state index in [1.54, 1.807) is 6.92 Å². The third-order valence-corrected chi connectivity index (χ3v) is 3.75. The molecule has 1 fully saturated rings. The third kappa shape index (κ3) is 5.21. The smallest absolute Gasteiger partial charge is 0.407 e. The molecule has 7 nitrogen and oxygen atoms in total. The molecule has 1 aliphatic heterocycles. The highest BCUT2D eigenvalue weighted by atomic mass is 16.7. The van der Waals surface area contributed by atoms with Gasteiger partial charge in [-0.3, -0.25) is 4.79 Å². The van der Waals surface area contributed by atoms with Gasteiger partial charge in [0.25, 0.3) is 0 Å². The summed E-state index contributed by atoms with van der Waals surface area (Å²) in [5.41, 5.74) is 0.888. The summed E-state index contributed by atoms with van der Waals surface area (Å²) in [6.07, 6.45) is -1.71. The molecular weight excluding hydrogens is 314 g/mol. The lowest BCUT2D eigenvalue weighted by atomic mass is 9.99. The Morgan fingerprint density at radius 3 is 2.62 bits per heavy atom. The number of benzene rings is 1. The molecule has 0 saturated carbocycles. The van der Waals surface area contributed by atoms with E-state index in [-0.39, 0.29) is 6.61 Å². The first-order chi connectivity index (χ1) is 11.5. The van der Waals surface area contributed by atoms with Crippen LogP contribution in [0.1, 0.15) is 25.8 Å². The number of hydrogen-bond acceptors (Lipinski definition) is 6. The van der Waals surface area contributed by atoms with E-state index in [9.17, 15) is 9.59 Å². The number of rotatable bonds is 5. The molecule has 1 aliphatic rings. The summed E-state index contributed by atoms with van der Waals surface area (Å²) in [5, 5.41) is 2.74. The summed E-state index contributed by atoms with van der Waals surface area (Å²) in [4.78, 5) is 23.4. The van der Waals surface area contributed by atoms with Crippen molar-refractivity contribution in [3.63, 3.8) is 0 Å². The van der Waals surface area contributed by atoms with Gasteiger partial charge in [0.15, 0.2) is 6.29 Å². The molecule has 0 aliphatic carbocycles. The molecule has 4 atom stereocenters. The predicted molar refractivity (Wildman–Crippen MR) is 85.1 cm³/mol. The molecule has 24 heavy (non-hydrogen) atoms. The Morgan fingerprint density at radius 1 is 1.29 bits per heavy atom. The van der Waals surface area contributed by atoms with Gasteiger partial charge in [-0.25, -0.2) is 4.79 Å². The van der Waals surface area contributed by atoms with Crippen LogP contribution in [0.4, 0.5) is 4.79 Å². The third-order valence-electron chi connectivity index (χ3n) is 3.75. The molecule has 0 aromatic heterocycles. The molecule has 0 unspecified atom stereocenters. The number of ether oxygens (including phenoxy) is 4. The van der Waals surface area contributed by atoms with E-state index in [1.807, 2.05) is 30.3 Å². The summed E-state index contributed by atoms with van der Waals surface area (Å²) >= 11 is 0. The normalized spacial score (nSPS) is 26.5. The Kier molecular flexibility index (Phi) is 6.57. The van der Waals surface area contributed by atoms with E-state index >= 15 is 0 Å². The Hall–Kier alpha value is -2.12. The molecule has 132 valence electrons. The molecule has 1 heterocycles. The van der Waals surface area contributed by atoms with Crippen molar-refractivity contribution < 1.29 is 28.5 Å². The summed E-state index contributed by atoms with van der Waals surface area (Å²) in [7, 11) is 1.52. The number of hydrogen-bond donors (Lipinski definition) is 1. The lowest BCUT2D eigenvalue weighted by Crippen LogP contribution is -2.56. The summed E-state index contributed by atoms with van der Waals surface area (Å²) in [6.45, 7) is 3.25. The number of amides is 1. The van der Waals surface area contributed by atoms with Crippen LogP contribution in [0.25, 0.3) is 0 Å². The zero-order chi connectivity index (χ0) is 17.5. The molecule has 7 heteroatoms. The van der Waals surface area contributed by atoms with Crippen LogP contribution in [0.5, 0.6) is 0 Å². The number of esters is 1. The van der Waals surface area contributed by atoms with Crippen molar-refractivity contribution in [2.45, 2.75) is 51.4 Å². The Morgan fingerprint density at radius 2 is 2.00 bits per heavy atom. The molecule has 0 spiro atoms. The topological polar surface area (TPSA) is 83.1 Å².